The number of nitrogens with zero attached hydrogens (tertiary/aromatic N) is 2. The molecule has 1 saturated heterocycles. The lowest BCUT2D eigenvalue weighted by Gasteiger charge is -2.20. The molecular weight excluding hydrogens is 334 g/mol. The average molecular weight is 357 g/mol. The minimum Gasteiger partial charge on any atom is -0.343 e. The van der Waals surface area contributed by atoms with Crippen LogP contribution in [0.4, 0.5) is 5.69 Å². The minimum atomic E-state index is -0.130. The van der Waals surface area contributed by atoms with Gasteiger partial charge in [-0.15, -0.1) is 11.3 Å². The number of aromatic nitrogens is 1. The van der Waals surface area contributed by atoms with E-state index in [0.717, 1.165) is 30.1 Å². The maximum atomic E-state index is 12.7. The molecule has 0 spiro atoms. The van der Waals surface area contributed by atoms with Crippen LogP contribution in [0.1, 0.15) is 54.5 Å². The van der Waals surface area contributed by atoms with E-state index in [1.54, 1.807) is 34.6 Å². The van der Waals surface area contributed by atoms with Crippen LogP contribution in [0.5, 0.6) is 0 Å². The molecular formula is C19H23N3O2S. The van der Waals surface area contributed by atoms with Gasteiger partial charge in [0.25, 0.3) is 5.91 Å². The fourth-order valence-electron chi connectivity index (χ4n) is 3.08. The van der Waals surface area contributed by atoms with E-state index in [4.69, 9.17) is 0 Å². The van der Waals surface area contributed by atoms with Gasteiger partial charge >= 0.3 is 0 Å². The van der Waals surface area contributed by atoms with E-state index in [0.29, 0.717) is 17.9 Å². The number of carbonyl (C=O) groups is 2. The van der Waals surface area contributed by atoms with Crippen LogP contribution in [-0.2, 0) is 4.79 Å². The highest BCUT2D eigenvalue weighted by Gasteiger charge is 2.23. The molecule has 0 radical (unpaired) electrons. The Bertz CT molecular complexity index is 743. The Morgan fingerprint density at radius 3 is 2.88 bits per heavy atom. The smallest absolute Gasteiger partial charge is 0.251 e. The molecule has 1 N–H and O–H groups in total. The van der Waals surface area contributed by atoms with Gasteiger partial charge in [0.05, 0.1) is 6.04 Å². The van der Waals surface area contributed by atoms with Crippen LogP contribution in [0.3, 0.4) is 0 Å². The van der Waals surface area contributed by atoms with E-state index >= 15 is 0 Å². The van der Waals surface area contributed by atoms with Crippen molar-refractivity contribution in [1.29, 1.82) is 0 Å². The van der Waals surface area contributed by atoms with Crippen molar-refractivity contribution in [2.45, 2.75) is 39.2 Å². The molecule has 0 bridgehead atoms. The Balaban J connectivity index is 1.76. The summed E-state index contributed by atoms with van der Waals surface area (Å²) in [6.07, 6.45) is 4.05. The van der Waals surface area contributed by atoms with Crippen molar-refractivity contribution in [3.63, 3.8) is 0 Å². The number of rotatable bonds is 6. The van der Waals surface area contributed by atoms with Crippen molar-refractivity contribution in [2.24, 2.45) is 5.92 Å². The maximum Gasteiger partial charge on any atom is 0.251 e. The van der Waals surface area contributed by atoms with Crippen molar-refractivity contribution < 1.29 is 9.59 Å². The molecule has 1 aromatic carbocycles. The molecule has 3 rings (SSSR count). The van der Waals surface area contributed by atoms with Gasteiger partial charge in [0.1, 0.15) is 5.01 Å². The van der Waals surface area contributed by atoms with Crippen LogP contribution in [-0.4, -0.2) is 23.3 Å². The van der Waals surface area contributed by atoms with Gasteiger partial charge in [-0.3, -0.25) is 9.59 Å². The lowest BCUT2D eigenvalue weighted by molar-refractivity contribution is -0.117. The maximum absolute atomic E-state index is 12.7. The molecule has 0 aliphatic carbocycles. The molecule has 25 heavy (non-hydrogen) atoms. The second-order valence-electron chi connectivity index (χ2n) is 6.73. The molecule has 1 aromatic heterocycles. The Kier molecular flexibility index (Phi) is 5.48. The SMILES string of the molecule is CC(C)CC(NC(=O)c1cccc(N2CCCC2=O)c1)c1nccs1. The van der Waals surface area contributed by atoms with Crippen molar-refractivity contribution in [3.8, 4) is 0 Å². The van der Waals surface area contributed by atoms with Gasteiger partial charge in [-0.25, -0.2) is 4.98 Å². The number of hydrogen-bond acceptors (Lipinski definition) is 4. The van der Waals surface area contributed by atoms with Gasteiger partial charge in [-0.1, -0.05) is 19.9 Å². The van der Waals surface area contributed by atoms with Crippen LogP contribution >= 0.6 is 11.3 Å². The van der Waals surface area contributed by atoms with Gasteiger partial charge < -0.3 is 10.2 Å². The van der Waals surface area contributed by atoms with E-state index in [2.05, 4.69) is 24.1 Å². The van der Waals surface area contributed by atoms with Crippen LogP contribution in [0.25, 0.3) is 0 Å². The lowest BCUT2D eigenvalue weighted by Crippen LogP contribution is -2.30. The predicted octanol–water partition coefficient (Wildman–Crippen LogP) is 3.79. The highest BCUT2D eigenvalue weighted by Crippen LogP contribution is 2.25. The summed E-state index contributed by atoms with van der Waals surface area (Å²) in [6.45, 7) is 4.98. The summed E-state index contributed by atoms with van der Waals surface area (Å²) >= 11 is 1.56. The molecule has 6 heteroatoms. The average Bonchev–Trinajstić information content (AvgIpc) is 3.25. The molecule has 2 amide bonds. The number of nitrogens with one attached hydrogen (secondary N) is 1. The summed E-state index contributed by atoms with van der Waals surface area (Å²) in [5.41, 5.74) is 1.37. The van der Waals surface area contributed by atoms with Crippen molar-refractivity contribution >= 4 is 28.8 Å². The predicted molar refractivity (Wildman–Crippen MR) is 99.8 cm³/mol. The Labute approximate surface area is 152 Å². The first kappa shape index (κ1) is 17.6. The van der Waals surface area contributed by atoms with Gasteiger partial charge in [0.2, 0.25) is 5.91 Å². The van der Waals surface area contributed by atoms with Crippen molar-refractivity contribution in [2.75, 3.05) is 11.4 Å². The van der Waals surface area contributed by atoms with Crippen LogP contribution in [0.15, 0.2) is 35.8 Å². The largest absolute Gasteiger partial charge is 0.343 e. The first-order valence-electron chi connectivity index (χ1n) is 8.65. The summed E-state index contributed by atoms with van der Waals surface area (Å²) < 4.78 is 0. The third-order valence-electron chi connectivity index (χ3n) is 4.26. The topological polar surface area (TPSA) is 62.3 Å². The lowest BCUT2D eigenvalue weighted by atomic mass is 10.0. The van der Waals surface area contributed by atoms with Crippen molar-refractivity contribution in [1.82, 2.24) is 10.3 Å². The highest BCUT2D eigenvalue weighted by molar-refractivity contribution is 7.09. The molecule has 1 unspecified atom stereocenters. The van der Waals surface area contributed by atoms with Gasteiger partial charge in [-0.2, -0.15) is 0 Å². The van der Waals surface area contributed by atoms with Crippen LogP contribution < -0.4 is 10.2 Å². The number of amides is 2. The summed E-state index contributed by atoms with van der Waals surface area (Å²) in [5.74, 6) is 0.440. The zero-order chi connectivity index (χ0) is 17.8. The fourth-order valence-corrected chi connectivity index (χ4v) is 3.78. The Hall–Kier alpha value is -2.21. The van der Waals surface area contributed by atoms with E-state index in [9.17, 15) is 9.59 Å². The zero-order valence-corrected chi connectivity index (χ0v) is 15.4. The Morgan fingerprint density at radius 1 is 1.40 bits per heavy atom. The Morgan fingerprint density at radius 2 is 2.24 bits per heavy atom. The second-order valence-corrected chi connectivity index (χ2v) is 7.65. The summed E-state index contributed by atoms with van der Waals surface area (Å²) in [4.78, 5) is 30.8. The van der Waals surface area contributed by atoms with Gasteiger partial charge in [-0.05, 0) is 37.0 Å². The number of hydrogen-bond donors (Lipinski definition) is 1. The third-order valence-corrected chi connectivity index (χ3v) is 5.14. The number of anilines is 1. The summed E-state index contributed by atoms with van der Waals surface area (Å²) in [7, 11) is 0. The molecule has 1 aliphatic heterocycles. The highest BCUT2D eigenvalue weighted by atomic mass is 32.1. The number of carbonyl (C=O) groups excluding carboxylic acids is 2. The van der Waals surface area contributed by atoms with Gasteiger partial charge in [0, 0.05) is 35.8 Å². The monoisotopic (exact) mass is 357 g/mol. The van der Waals surface area contributed by atoms with Crippen LogP contribution in [0, 0.1) is 5.92 Å². The molecule has 5 nitrogen and oxygen atoms in total. The number of thiazole rings is 1. The summed E-state index contributed by atoms with van der Waals surface area (Å²) in [5, 5.41) is 5.95. The van der Waals surface area contributed by atoms with E-state index in [1.165, 1.54) is 0 Å². The molecule has 2 aromatic rings. The van der Waals surface area contributed by atoms with E-state index in [-0.39, 0.29) is 17.9 Å². The normalized spacial score (nSPS) is 15.6. The third kappa shape index (κ3) is 4.25. The fraction of sp³-hybridized carbons (Fsp3) is 0.421. The van der Waals surface area contributed by atoms with Crippen LogP contribution in [0.2, 0.25) is 0 Å². The molecule has 132 valence electrons. The minimum absolute atomic E-state index is 0.0930. The molecule has 1 aliphatic rings. The quantitative estimate of drug-likeness (QED) is 0.855. The first-order valence-corrected chi connectivity index (χ1v) is 9.53. The standard InChI is InChI=1S/C19H23N3O2S/c1-13(2)11-16(19-20-8-10-25-19)21-18(24)14-5-3-6-15(12-14)22-9-4-7-17(22)23/h3,5-6,8,10,12-13,16H,4,7,9,11H2,1-2H3,(H,21,24). The van der Waals surface area contributed by atoms with E-state index < -0.39 is 0 Å². The number of benzene rings is 1. The second kappa shape index (κ2) is 7.78. The molecule has 1 fully saturated rings. The zero-order valence-electron chi connectivity index (χ0n) is 14.6. The molecule has 0 saturated carbocycles. The summed E-state index contributed by atoms with van der Waals surface area (Å²) in [6, 6.07) is 7.20. The first-order chi connectivity index (χ1) is 12.0. The van der Waals surface area contributed by atoms with E-state index in [1.807, 2.05) is 17.5 Å². The van der Waals surface area contributed by atoms with Gasteiger partial charge in [0.15, 0.2) is 0 Å². The molecule has 1 atom stereocenters. The molecule has 2 heterocycles. The van der Waals surface area contributed by atoms with Crippen molar-refractivity contribution in [3.05, 3.63) is 46.4 Å².